The summed E-state index contributed by atoms with van der Waals surface area (Å²) in [6, 6.07) is 0. The molecule has 19 heavy (non-hydrogen) atoms. The number of aliphatic carboxylic acids is 1. The van der Waals surface area contributed by atoms with Gasteiger partial charge in [0, 0.05) is 5.92 Å². The molecule has 0 rings (SSSR count). The molecule has 0 bridgehead atoms. The van der Waals surface area contributed by atoms with E-state index in [0.717, 1.165) is 12.8 Å². The first-order valence-corrected chi connectivity index (χ1v) is 7.57. The Morgan fingerprint density at radius 3 is 2.05 bits per heavy atom. The number of amides is 1. The fourth-order valence-corrected chi connectivity index (χ4v) is 2.05. The van der Waals surface area contributed by atoms with E-state index < -0.39 is 5.97 Å². The van der Waals surface area contributed by atoms with Gasteiger partial charge < -0.3 is 10.4 Å². The molecule has 0 radical (unpaired) electrons. The molecule has 1 unspecified atom stereocenters. The molecule has 0 heterocycles. The van der Waals surface area contributed by atoms with Crippen molar-refractivity contribution in [2.75, 3.05) is 6.54 Å². The van der Waals surface area contributed by atoms with Crippen molar-refractivity contribution in [2.45, 2.75) is 71.6 Å². The molecule has 0 fully saturated rings. The van der Waals surface area contributed by atoms with Crippen LogP contribution in [0, 0.1) is 5.92 Å². The fraction of sp³-hybridized carbons (Fsp3) is 0.867. The lowest BCUT2D eigenvalue weighted by molar-refractivity contribution is -0.138. The number of hydrogen-bond donors (Lipinski definition) is 2. The van der Waals surface area contributed by atoms with Crippen LogP contribution in [-0.2, 0) is 9.59 Å². The summed E-state index contributed by atoms with van der Waals surface area (Å²) in [6.45, 7) is 3.80. The predicted octanol–water partition coefficient (Wildman–Crippen LogP) is 3.35. The number of carbonyl (C=O) groups excluding carboxylic acids is 1. The molecule has 0 aromatic carbocycles. The second kappa shape index (κ2) is 12.0. The van der Waals surface area contributed by atoms with Crippen molar-refractivity contribution in [2.24, 2.45) is 5.92 Å². The Morgan fingerprint density at radius 1 is 1.00 bits per heavy atom. The maximum absolute atomic E-state index is 11.5. The zero-order valence-corrected chi connectivity index (χ0v) is 12.4. The summed E-state index contributed by atoms with van der Waals surface area (Å²) in [7, 11) is 0. The van der Waals surface area contributed by atoms with E-state index in [2.05, 4.69) is 12.2 Å². The Balaban J connectivity index is 3.39. The largest absolute Gasteiger partial charge is 0.480 e. The van der Waals surface area contributed by atoms with Crippen LogP contribution in [0.25, 0.3) is 0 Å². The minimum Gasteiger partial charge on any atom is -0.480 e. The Bertz CT molecular complexity index is 254. The van der Waals surface area contributed by atoms with Gasteiger partial charge in [0.2, 0.25) is 5.91 Å². The summed E-state index contributed by atoms with van der Waals surface area (Å²) < 4.78 is 0. The van der Waals surface area contributed by atoms with Gasteiger partial charge in [0.1, 0.15) is 6.54 Å². The van der Waals surface area contributed by atoms with E-state index in [1.165, 1.54) is 44.9 Å². The molecule has 4 nitrogen and oxygen atoms in total. The third-order valence-corrected chi connectivity index (χ3v) is 3.35. The number of rotatable bonds is 12. The van der Waals surface area contributed by atoms with Crippen molar-refractivity contribution >= 4 is 11.9 Å². The number of carboxylic acid groups (broad SMARTS) is 1. The molecule has 0 aliphatic heterocycles. The van der Waals surface area contributed by atoms with Crippen molar-refractivity contribution in [3.05, 3.63) is 0 Å². The Hall–Kier alpha value is -1.06. The third-order valence-electron chi connectivity index (χ3n) is 3.35. The number of carbonyl (C=O) groups is 2. The van der Waals surface area contributed by atoms with Crippen LogP contribution in [0.5, 0.6) is 0 Å². The molecule has 1 amide bonds. The van der Waals surface area contributed by atoms with E-state index in [9.17, 15) is 9.59 Å². The molecule has 2 N–H and O–H groups in total. The van der Waals surface area contributed by atoms with Gasteiger partial charge in [-0.2, -0.15) is 0 Å². The van der Waals surface area contributed by atoms with Gasteiger partial charge in [-0.15, -0.1) is 0 Å². The molecular weight excluding hydrogens is 242 g/mol. The van der Waals surface area contributed by atoms with E-state index in [1.54, 1.807) is 0 Å². The molecule has 0 aliphatic rings. The van der Waals surface area contributed by atoms with Crippen LogP contribution in [0.1, 0.15) is 71.6 Å². The fourth-order valence-electron chi connectivity index (χ4n) is 2.05. The number of carboxylic acids is 1. The summed E-state index contributed by atoms with van der Waals surface area (Å²) in [4.78, 5) is 21.8. The molecule has 0 aromatic heterocycles. The molecule has 0 saturated heterocycles. The molecule has 0 aliphatic carbocycles. The van der Waals surface area contributed by atoms with E-state index in [0.29, 0.717) is 0 Å². The zero-order valence-electron chi connectivity index (χ0n) is 12.4. The maximum Gasteiger partial charge on any atom is 0.322 e. The van der Waals surface area contributed by atoms with Crippen molar-refractivity contribution in [3.8, 4) is 0 Å². The second-order valence-electron chi connectivity index (χ2n) is 5.28. The topological polar surface area (TPSA) is 66.4 Å². The summed E-state index contributed by atoms with van der Waals surface area (Å²) in [6.07, 6.45) is 10.9. The van der Waals surface area contributed by atoms with E-state index in [1.807, 2.05) is 6.92 Å². The summed E-state index contributed by atoms with van der Waals surface area (Å²) in [5.74, 6) is -1.22. The molecule has 0 saturated carbocycles. The highest BCUT2D eigenvalue weighted by atomic mass is 16.4. The lowest BCUT2D eigenvalue weighted by Gasteiger charge is -2.10. The Morgan fingerprint density at radius 2 is 1.53 bits per heavy atom. The lowest BCUT2D eigenvalue weighted by Crippen LogP contribution is -2.33. The van der Waals surface area contributed by atoms with Crippen LogP contribution in [-0.4, -0.2) is 23.5 Å². The van der Waals surface area contributed by atoms with E-state index >= 15 is 0 Å². The molecule has 1 atom stereocenters. The smallest absolute Gasteiger partial charge is 0.322 e. The Labute approximate surface area is 117 Å². The molecular formula is C15H29NO3. The first-order chi connectivity index (χ1) is 9.07. The number of unbranched alkanes of at least 4 members (excludes halogenated alkanes) is 7. The minimum absolute atomic E-state index is 0.0839. The molecule has 0 aromatic rings. The standard InChI is InChI=1S/C15H29NO3/c1-3-4-5-6-7-8-9-10-11-13(2)15(19)16-12-14(17)18/h13H,3-12H2,1-2H3,(H,16,19)(H,17,18). The highest BCUT2D eigenvalue weighted by Crippen LogP contribution is 2.13. The van der Waals surface area contributed by atoms with Crippen LogP contribution in [0.4, 0.5) is 0 Å². The van der Waals surface area contributed by atoms with Crippen molar-refractivity contribution < 1.29 is 14.7 Å². The van der Waals surface area contributed by atoms with E-state index in [4.69, 9.17) is 5.11 Å². The van der Waals surface area contributed by atoms with Crippen LogP contribution in [0.15, 0.2) is 0 Å². The zero-order chi connectivity index (χ0) is 14.5. The van der Waals surface area contributed by atoms with Gasteiger partial charge >= 0.3 is 5.97 Å². The van der Waals surface area contributed by atoms with Gasteiger partial charge in [0.15, 0.2) is 0 Å². The number of nitrogens with one attached hydrogen (secondary N) is 1. The molecule has 0 spiro atoms. The summed E-state index contributed by atoms with van der Waals surface area (Å²) >= 11 is 0. The normalized spacial score (nSPS) is 12.1. The summed E-state index contributed by atoms with van der Waals surface area (Å²) in [5.41, 5.74) is 0. The van der Waals surface area contributed by atoms with E-state index in [-0.39, 0.29) is 18.4 Å². The average molecular weight is 271 g/mol. The average Bonchev–Trinajstić information content (AvgIpc) is 2.38. The molecule has 112 valence electrons. The van der Waals surface area contributed by atoms with Crippen LogP contribution in [0.3, 0.4) is 0 Å². The van der Waals surface area contributed by atoms with Gasteiger partial charge in [-0.3, -0.25) is 9.59 Å². The van der Waals surface area contributed by atoms with Crippen molar-refractivity contribution in [1.29, 1.82) is 0 Å². The highest BCUT2D eigenvalue weighted by molar-refractivity contribution is 5.82. The quantitative estimate of drug-likeness (QED) is 0.535. The molecule has 4 heteroatoms. The van der Waals surface area contributed by atoms with Crippen LogP contribution >= 0.6 is 0 Å². The van der Waals surface area contributed by atoms with Crippen molar-refractivity contribution in [1.82, 2.24) is 5.32 Å². The SMILES string of the molecule is CCCCCCCCCCC(C)C(=O)NCC(=O)O. The van der Waals surface area contributed by atoms with Crippen molar-refractivity contribution in [3.63, 3.8) is 0 Å². The first-order valence-electron chi connectivity index (χ1n) is 7.57. The monoisotopic (exact) mass is 271 g/mol. The third kappa shape index (κ3) is 11.7. The Kier molecular flexibility index (Phi) is 11.3. The summed E-state index contributed by atoms with van der Waals surface area (Å²) in [5, 5.41) is 10.9. The van der Waals surface area contributed by atoms with Gasteiger partial charge in [0.25, 0.3) is 0 Å². The first kappa shape index (κ1) is 17.9. The maximum atomic E-state index is 11.5. The van der Waals surface area contributed by atoms with Gasteiger partial charge in [0.05, 0.1) is 0 Å². The van der Waals surface area contributed by atoms with Gasteiger partial charge in [-0.1, -0.05) is 65.2 Å². The number of hydrogen-bond acceptors (Lipinski definition) is 2. The van der Waals surface area contributed by atoms with Crippen LogP contribution in [0.2, 0.25) is 0 Å². The minimum atomic E-state index is -0.993. The lowest BCUT2D eigenvalue weighted by atomic mass is 10.0. The highest BCUT2D eigenvalue weighted by Gasteiger charge is 2.12. The second-order valence-corrected chi connectivity index (χ2v) is 5.28. The van der Waals surface area contributed by atoms with Crippen LogP contribution < -0.4 is 5.32 Å². The van der Waals surface area contributed by atoms with Gasteiger partial charge in [-0.25, -0.2) is 0 Å². The van der Waals surface area contributed by atoms with Gasteiger partial charge in [-0.05, 0) is 6.42 Å². The predicted molar refractivity (Wildman–Crippen MR) is 77.0 cm³/mol.